The lowest BCUT2D eigenvalue weighted by atomic mass is 10.1. The van der Waals surface area contributed by atoms with Crippen molar-refractivity contribution in [3.05, 3.63) is 29.3 Å². The Balaban J connectivity index is 2.97. The fraction of sp³-hybridized carbons (Fsp3) is 0.417. The zero-order chi connectivity index (χ0) is 14.6. The van der Waals surface area contributed by atoms with E-state index in [0.29, 0.717) is 6.54 Å². The van der Waals surface area contributed by atoms with Crippen molar-refractivity contribution in [3.63, 3.8) is 0 Å². The fourth-order valence-corrected chi connectivity index (χ4v) is 1.45. The first-order valence-corrected chi connectivity index (χ1v) is 5.90. The van der Waals surface area contributed by atoms with Gasteiger partial charge in [-0.05, 0) is 32.3 Å². The Kier molecular flexibility index (Phi) is 5.13. The molecule has 0 aromatic heterocycles. The summed E-state index contributed by atoms with van der Waals surface area (Å²) in [5.41, 5.74) is 4.69. The number of halogens is 3. The van der Waals surface area contributed by atoms with E-state index < -0.39 is 11.7 Å². The predicted octanol–water partition coefficient (Wildman–Crippen LogP) is 2.28. The standard InChI is InChI=1S/C12H15F3N2OS/c1-17(2)3-4-18-10-6-8(11(16)19)5-9(7-10)12(13,14)15/h5-7H,3-4H2,1-2H3,(H2,16,19). The lowest BCUT2D eigenvalue weighted by Gasteiger charge is -2.14. The van der Waals surface area contributed by atoms with Gasteiger partial charge in [0, 0.05) is 12.1 Å². The molecule has 2 N–H and O–H groups in total. The second kappa shape index (κ2) is 6.21. The van der Waals surface area contributed by atoms with Crippen molar-refractivity contribution < 1.29 is 17.9 Å². The molecule has 1 aromatic rings. The number of hydrogen-bond donors (Lipinski definition) is 1. The predicted molar refractivity (Wildman–Crippen MR) is 71.4 cm³/mol. The summed E-state index contributed by atoms with van der Waals surface area (Å²) in [6, 6.07) is 3.27. The van der Waals surface area contributed by atoms with E-state index in [2.05, 4.69) is 0 Å². The second-order valence-electron chi connectivity index (χ2n) is 4.26. The van der Waals surface area contributed by atoms with Crippen LogP contribution in [0.5, 0.6) is 5.75 Å². The second-order valence-corrected chi connectivity index (χ2v) is 4.70. The molecule has 0 fully saturated rings. The van der Waals surface area contributed by atoms with Crippen molar-refractivity contribution in [1.29, 1.82) is 0 Å². The van der Waals surface area contributed by atoms with E-state index in [1.165, 1.54) is 6.07 Å². The third-order valence-corrected chi connectivity index (χ3v) is 2.56. The van der Waals surface area contributed by atoms with Crippen molar-refractivity contribution in [2.75, 3.05) is 27.2 Å². The Morgan fingerprint density at radius 3 is 2.42 bits per heavy atom. The van der Waals surface area contributed by atoms with Gasteiger partial charge in [-0.25, -0.2) is 0 Å². The van der Waals surface area contributed by atoms with Crippen molar-refractivity contribution in [1.82, 2.24) is 4.90 Å². The third kappa shape index (κ3) is 5.04. The van der Waals surface area contributed by atoms with E-state index in [9.17, 15) is 13.2 Å². The fourth-order valence-electron chi connectivity index (χ4n) is 1.33. The maximum atomic E-state index is 12.7. The first-order valence-electron chi connectivity index (χ1n) is 5.50. The van der Waals surface area contributed by atoms with Crippen LogP contribution in [0.3, 0.4) is 0 Å². The van der Waals surface area contributed by atoms with Gasteiger partial charge in [0.1, 0.15) is 17.3 Å². The highest BCUT2D eigenvalue weighted by molar-refractivity contribution is 7.80. The average Bonchev–Trinajstić information content (AvgIpc) is 2.26. The molecule has 3 nitrogen and oxygen atoms in total. The van der Waals surface area contributed by atoms with Gasteiger partial charge in [0.2, 0.25) is 0 Å². The molecular formula is C12H15F3N2OS. The van der Waals surface area contributed by atoms with Crippen molar-refractivity contribution in [2.45, 2.75) is 6.18 Å². The van der Waals surface area contributed by atoms with Gasteiger partial charge in [-0.3, -0.25) is 0 Å². The summed E-state index contributed by atoms with van der Waals surface area (Å²) in [5, 5.41) is 0. The number of rotatable bonds is 5. The summed E-state index contributed by atoms with van der Waals surface area (Å²) in [6.45, 7) is 0.879. The van der Waals surface area contributed by atoms with Gasteiger partial charge >= 0.3 is 6.18 Å². The van der Waals surface area contributed by atoms with Crippen LogP contribution in [0.15, 0.2) is 18.2 Å². The molecule has 0 atom stereocenters. The number of likely N-dealkylation sites (N-methyl/N-ethyl adjacent to an activating group) is 1. The van der Waals surface area contributed by atoms with Crippen molar-refractivity contribution in [3.8, 4) is 5.75 Å². The van der Waals surface area contributed by atoms with Gasteiger partial charge in [0.25, 0.3) is 0 Å². The minimum atomic E-state index is -4.46. The Hall–Kier alpha value is -1.34. The van der Waals surface area contributed by atoms with Gasteiger partial charge < -0.3 is 15.4 Å². The summed E-state index contributed by atoms with van der Waals surface area (Å²) in [4.78, 5) is 1.77. The number of nitrogens with two attached hydrogens (primary N) is 1. The molecule has 0 aliphatic rings. The van der Waals surface area contributed by atoms with Gasteiger partial charge in [-0.1, -0.05) is 12.2 Å². The molecule has 0 aliphatic heterocycles. The van der Waals surface area contributed by atoms with Gasteiger partial charge in [-0.2, -0.15) is 13.2 Å². The summed E-state index contributed by atoms with van der Waals surface area (Å²) >= 11 is 4.70. The monoisotopic (exact) mass is 292 g/mol. The van der Waals surface area contributed by atoms with E-state index in [-0.39, 0.29) is 22.9 Å². The van der Waals surface area contributed by atoms with Crippen LogP contribution in [0.4, 0.5) is 13.2 Å². The van der Waals surface area contributed by atoms with Crippen LogP contribution in [0.1, 0.15) is 11.1 Å². The average molecular weight is 292 g/mol. The highest BCUT2D eigenvalue weighted by Crippen LogP contribution is 2.32. The number of thiocarbonyl (C=S) groups is 1. The van der Waals surface area contributed by atoms with Crippen LogP contribution in [0, 0.1) is 0 Å². The van der Waals surface area contributed by atoms with Gasteiger partial charge in [0.05, 0.1) is 5.56 Å². The van der Waals surface area contributed by atoms with Gasteiger partial charge in [-0.15, -0.1) is 0 Å². The molecule has 0 heterocycles. The lowest BCUT2D eigenvalue weighted by Crippen LogP contribution is -2.20. The van der Waals surface area contributed by atoms with Crippen LogP contribution < -0.4 is 10.5 Å². The van der Waals surface area contributed by atoms with Crippen molar-refractivity contribution >= 4 is 17.2 Å². The molecule has 7 heteroatoms. The molecule has 0 spiro atoms. The molecule has 0 unspecified atom stereocenters. The first kappa shape index (κ1) is 15.7. The maximum absolute atomic E-state index is 12.7. The Bertz CT molecular complexity index is 461. The van der Waals surface area contributed by atoms with Crippen LogP contribution in [-0.4, -0.2) is 37.1 Å². The number of hydrogen-bond acceptors (Lipinski definition) is 3. The Labute approximate surface area is 115 Å². The highest BCUT2D eigenvalue weighted by Gasteiger charge is 2.31. The summed E-state index contributed by atoms with van der Waals surface area (Å²) in [5.74, 6) is 0.111. The topological polar surface area (TPSA) is 38.5 Å². The van der Waals surface area contributed by atoms with E-state index in [4.69, 9.17) is 22.7 Å². The number of alkyl halides is 3. The largest absolute Gasteiger partial charge is 0.492 e. The zero-order valence-corrected chi connectivity index (χ0v) is 11.4. The van der Waals surface area contributed by atoms with E-state index in [1.54, 1.807) is 0 Å². The zero-order valence-electron chi connectivity index (χ0n) is 10.6. The lowest BCUT2D eigenvalue weighted by molar-refractivity contribution is -0.137. The molecule has 0 saturated carbocycles. The molecule has 0 aliphatic carbocycles. The summed E-state index contributed by atoms with van der Waals surface area (Å²) < 4.78 is 43.4. The molecule has 106 valence electrons. The van der Waals surface area contributed by atoms with Crippen molar-refractivity contribution in [2.24, 2.45) is 5.73 Å². The minimum Gasteiger partial charge on any atom is -0.492 e. The number of benzene rings is 1. The smallest absolute Gasteiger partial charge is 0.416 e. The summed E-state index contributed by atoms with van der Waals surface area (Å²) in [6.07, 6.45) is -4.46. The Morgan fingerprint density at radius 1 is 1.32 bits per heavy atom. The van der Waals surface area contributed by atoms with Gasteiger partial charge in [0.15, 0.2) is 0 Å². The molecular weight excluding hydrogens is 277 g/mol. The SMILES string of the molecule is CN(C)CCOc1cc(C(N)=S)cc(C(F)(F)F)c1. The molecule has 19 heavy (non-hydrogen) atoms. The highest BCUT2D eigenvalue weighted by atomic mass is 32.1. The van der Waals surface area contributed by atoms with E-state index in [0.717, 1.165) is 12.1 Å². The van der Waals surface area contributed by atoms with Crippen LogP contribution >= 0.6 is 12.2 Å². The molecule has 1 aromatic carbocycles. The van der Waals surface area contributed by atoms with E-state index in [1.807, 2.05) is 19.0 Å². The summed E-state index contributed by atoms with van der Waals surface area (Å²) in [7, 11) is 3.69. The molecule has 0 saturated heterocycles. The van der Waals surface area contributed by atoms with E-state index >= 15 is 0 Å². The quantitative estimate of drug-likeness (QED) is 0.845. The number of nitrogens with zero attached hydrogens (tertiary/aromatic N) is 1. The normalized spacial score (nSPS) is 11.7. The first-order chi connectivity index (χ1) is 8.70. The minimum absolute atomic E-state index is 0.0939. The molecule has 0 bridgehead atoms. The maximum Gasteiger partial charge on any atom is 0.416 e. The Morgan fingerprint density at radius 2 is 1.95 bits per heavy atom. The van der Waals surface area contributed by atoms with Crippen LogP contribution in [-0.2, 0) is 6.18 Å². The molecule has 1 rings (SSSR count). The third-order valence-electron chi connectivity index (χ3n) is 2.33. The molecule has 0 amide bonds. The van der Waals surface area contributed by atoms with Crippen LogP contribution in [0.25, 0.3) is 0 Å². The molecule has 0 radical (unpaired) electrons. The van der Waals surface area contributed by atoms with Crippen LogP contribution in [0.2, 0.25) is 0 Å². The number of ether oxygens (including phenoxy) is 1.